The number of anilines is 3. The molecule has 0 radical (unpaired) electrons. The highest BCUT2D eigenvalue weighted by Gasteiger charge is 2.15. The van der Waals surface area contributed by atoms with Crippen LogP contribution in [0.5, 0.6) is 0 Å². The van der Waals surface area contributed by atoms with Gasteiger partial charge in [-0.1, -0.05) is 96.6 Å². The van der Waals surface area contributed by atoms with Crippen molar-refractivity contribution in [1.82, 2.24) is 19.5 Å². The minimum Gasteiger partial charge on any atom is -0.311 e. The molecule has 0 bridgehead atoms. The number of aryl methyl sites for hydroxylation is 2. The van der Waals surface area contributed by atoms with Gasteiger partial charge in [0.05, 0.1) is 34.8 Å². The Morgan fingerprint density at radius 1 is 0.617 bits per heavy atom. The van der Waals surface area contributed by atoms with Gasteiger partial charge in [-0.3, -0.25) is 14.5 Å². The predicted octanol–water partition coefficient (Wildman–Crippen LogP) is 11.0. The first kappa shape index (κ1) is 29.6. The van der Waals surface area contributed by atoms with Crippen LogP contribution in [0, 0.1) is 13.8 Å². The fourth-order valence-corrected chi connectivity index (χ4v) is 5.85. The van der Waals surface area contributed by atoms with E-state index in [0.29, 0.717) is 0 Å². The van der Waals surface area contributed by atoms with Crippen molar-refractivity contribution < 1.29 is 0 Å². The molecule has 228 valence electrons. The van der Waals surface area contributed by atoms with Gasteiger partial charge in [0, 0.05) is 39.4 Å². The van der Waals surface area contributed by atoms with Gasteiger partial charge in [-0.05, 0) is 75.4 Å². The molecule has 5 aromatic carbocycles. The number of hydrogen-bond acceptors (Lipinski definition) is 4. The molecule has 0 fully saturated rings. The number of imidazole rings is 1. The highest BCUT2D eigenvalue weighted by molar-refractivity contribution is 5.87. The molecule has 0 aliphatic rings. The van der Waals surface area contributed by atoms with Crippen LogP contribution >= 0.6 is 0 Å². The molecule has 0 aliphatic carbocycles. The van der Waals surface area contributed by atoms with Crippen molar-refractivity contribution in [3.05, 3.63) is 164 Å². The lowest BCUT2D eigenvalue weighted by molar-refractivity contribution is 1.14. The summed E-state index contributed by atoms with van der Waals surface area (Å²) in [7, 11) is 0. The number of hydrogen-bond donors (Lipinski definition) is 0. The molecule has 0 saturated heterocycles. The first-order valence-electron chi connectivity index (χ1n) is 15.8. The van der Waals surface area contributed by atoms with Crippen LogP contribution in [0.15, 0.2) is 152 Å². The van der Waals surface area contributed by atoms with Crippen LogP contribution in [0.25, 0.3) is 50.6 Å². The maximum atomic E-state index is 4.95. The first-order valence-corrected chi connectivity index (χ1v) is 15.8. The van der Waals surface area contributed by atoms with Crippen molar-refractivity contribution in [1.29, 1.82) is 0 Å². The van der Waals surface area contributed by atoms with E-state index >= 15 is 0 Å². The Balaban J connectivity index is 1.14. The average Bonchev–Trinajstić information content (AvgIpc) is 3.51. The van der Waals surface area contributed by atoms with Gasteiger partial charge in [-0.15, -0.1) is 0 Å². The second kappa shape index (κ2) is 12.7. The van der Waals surface area contributed by atoms with Crippen molar-refractivity contribution in [3.63, 3.8) is 0 Å². The molecule has 5 heteroatoms. The maximum absolute atomic E-state index is 4.95. The van der Waals surface area contributed by atoms with Gasteiger partial charge in [0.2, 0.25) is 0 Å². The Hall–Kier alpha value is -6.07. The van der Waals surface area contributed by atoms with Gasteiger partial charge in [0.1, 0.15) is 5.82 Å². The number of benzene rings is 5. The molecule has 7 aromatic rings. The minimum atomic E-state index is 0.815. The van der Waals surface area contributed by atoms with E-state index in [0.717, 1.165) is 67.7 Å². The molecule has 2 aromatic heterocycles. The van der Waals surface area contributed by atoms with Gasteiger partial charge >= 0.3 is 0 Å². The lowest BCUT2D eigenvalue weighted by Gasteiger charge is -2.26. The molecular weight excluding hydrogens is 574 g/mol. The van der Waals surface area contributed by atoms with E-state index in [1.807, 2.05) is 49.7 Å². The summed E-state index contributed by atoms with van der Waals surface area (Å²) in [6, 6.07) is 42.2. The van der Waals surface area contributed by atoms with Crippen LogP contribution in [-0.2, 0) is 0 Å². The predicted molar refractivity (Wildman–Crippen MR) is 196 cm³/mol. The molecule has 2 heterocycles. The SMILES string of the molecule is C=C/C(=C\C)n1c(-c2ccc(-c3cnc(-c4ccc(N(c5ccc(C)cc5)c5ccc(C)cc5)cc4)cn3)cc2)nc2ccccc21. The van der Waals surface area contributed by atoms with Gasteiger partial charge < -0.3 is 4.90 Å². The molecule has 7 rings (SSSR count). The Labute approximate surface area is 275 Å². The summed E-state index contributed by atoms with van der Waals surface area (Å²) in [6.07, 6.45) is 7.60. The topological polar surface area (TPSA) is 46.8 Å². The molecule has 0 unspecified atom stereocenters. The second-order valence-corrected chi connectivity index (χ2v) is 11.6. The maximum Gasteiger partial charge on any atom is 0.145 e. The third kappa shape index (κ3) is 5.87. The smallest absolute Gasteiger partial charge is 0.145 e. The molecule has 0 aliphatic heterocycles. The molecule has 0 spiro atoms. The molecule has 47 heavy (non-hydrogen) atoms. The third-order valence-corrected chi connectivity index (χ3v) is 8.42. The summed E-state index contributed by atoms with van der Waals surface area (Å²) in [6.45, 7) is 10.3. The van der Waals surface area contributed by atoms with Crippen molar-refractivity contribution >= 4 is 33.8 Å². The molecular formula is C42H35N5. The zero-order valence-corrected chi connectivity index (χ0v) is 26.8. The lowest BCUT2D eigenvalue weighted by atomic mass is 10.1. The van der Waals surface area contributed by atoms with Gasteiger partial charge in [0.25, 0.3) is 0 Å². The normalized spacial score (nSPS) is 11.5. The van der Waals surface area contributed by atoms with E-state index in [4.69, 9.17) is 15.0 Å². The summed E-state index contributed by atoms with van der Waals surface area (Å²) in [5.41, 5.74) is 13.4. The first-order chi connectivity index (χ1) is 23.0. The van der Waals surface area contributed by atoms with Crippen LogP contribution in [-0.4, -0.2) is 19.5 Å². The number of allylic oxidation sites excluding steroid dienone is 3. The molecule has 0 N–H and O–H groups in total. The Morgan fingerprint density at radius 3 is 1.57 bits per heavy atom. The lowest BCUT2D eigenvalue weighted by Crippen LogP contribution is -2.09. The average molecular weight is 610 g/mol. The van der Waals surface area contributed by atoms with E-state index in [1.165, 1.54) is 11.1 Å². The number of aromatic nitrogens is 4. The van der Waals surface area contributed by atoms with Crippen LogP contribution in [0.2, 0.25) is 0 Å². The number of para-hydroxylation sites is 2. The van der Waals surface area contributed by atoms with Crippen LogP contribution in [0.1, 0.15) is 18.1 Å². The summed E-state index contributed by atoms with van der Waals surface area (Å²) in [4.78, 5) is 16.8. The van der Waals surface area contributed by atoms with Crippen molar-refractivity contribution in [2.24, 2.45) is 0 Å². The largest absolute Gasteiger partial charge is 0.311 e. The fraction of sp³-hybridized carbons (Fsp3) is 0.0714. The second-order valence-electron chi connectivity index (χ2n) is 11.6. The summed E-state index contributed by atoms with van der Waals surface area (Å²) in [5, 5.41) is 0. The van der Waals surface area contributed by atoms with E-state index in [2.05, 4.69) is 133 Å². The summed E-state index contributed by atoms with van der Waals surface area (Å²) < 4.78 is 2.15. The zero-order chi connectivity index (χ0) is 32.3. The zero-order valence-electron chi connectivity index (χ0n) is 26.8. The van der Waals surface area contributed by atoms with E-state index in [-0.39, 0.29) is 0 Å². The number of nitrogens with zero attached hydrogens (tertiary/aromatic N) is 5. The molecule has 5 nitrogen and oxygen atoms in total. The summed E-state index contributed by atoms with van der Waals surface area (Å²) >= 11 is 0. The number of fused-ring (bicyclic) bond motifs is 1. The van der Waals surface area contributed by atoms with Gasteiger partial charge in [-0.2, -0.15) is 0 Å². The standard InChI is InChI=1S/C42H35N5/c1-5-34(6-2)47-41-10-8-7-9-38(41)45-42(47)33-17-15-31(16-18-33)39-27-44-40(28-43-39)32-19-25-37(26-20-32)46(35-21-11-29(3)12-22-35)36-23-13-30(4)14-24-36/h5-28H,1H2,2-4H3/b34-6+. The van der Waals surface area contributed by atoms with Gasteiger partial charge in [0.15, 0.2) is 0 Å². The Kier molecular flexibility index (Phi) is 8.03. The highest BCUT2D eigenvalue weighted by atomic mass is 15.1. The quantitative estimate of drug-likeness (QED) is 0.161. The van der Waals surface area contributed by atoms with Crippen molar-refractivity contribution in [2.45, 2.75) is 20.8 Å². The molecule has 0 amide bonds. The number of rotatable bonds is 8. The Morgan fingerprint density at radius 2 is 1.09 bits per heavy atom. The highest BCUT2D eigenvalue weighted by Crippen LogP contribution is 2.36. The van der Waals surface area contributed by atoms with Crippen LogP contribution < -0.4 is 4.90 Å². The van der Waals surface area contributed by atoms with Crippen LogP contribution in [0.4, 0.5) is 17.1 Å². The Bertz CT molecular complexity index is 2140. The van der Waals surface area contributed by atoms with Crippen molar-refractivity contribution in [3.8, 4) is 33.9 Å². The van der Waals surface area contributed by atoms with Crippen molar-refractivity contribution in [2.75, 3.05) is 4.90 Å². The minimum absolute atomic E-state index is 0.815. The molecule has 0 atom stereocenters. The molecule has 0 saturated carbocycles. The third-order valence-electron chi connectivity index (χ3n) is 8.42. The monoisotopic (exact) mass is 609 g/mol. The van der Waals surface area contributed by atoms with E-state index in [9.17, 15) is 0 Å². The van der Waals surface area contributed by atoms with E-state index in [1.54, 1.807) is 0 Å². The van der Waals surface area contributed by atoms with Gasteiger partial charge in [-0.25, -0.2) is 4.98 Å². The van der Waals surface area contributed by atoms with E-state index < -0.39 is 0 Å². The fourth-order valence-electron chi connectivity index (χ4n) is 5.85. The van der Waals surface area contributed by atoms with Crippen LogP contribution in [0.3, 0.4) is 0 Å². The summed E-state index contributed by atoms with van der Waals surface area (Å²) in [5.74, 6) is 0.874.